The molecule has 0 atom stereocenters. The number of rotatable bonds is 4. The third kappa shape index (κ3) is 2.76. The van der Waals surface area contributed by atoms with Gasteiger partial charge in [0.15, 0.2) is 0 Å². The van der Waals surface area contributed by atoms with Gasteiger partial charge in [0.25, 0.3) is 0 Å². The average molecular weight is 256 g/mol. The smallest absolute Gasteiger partial charge is 0.341 e. The lowest BCUT2D eigenvalue weighted by Crippen LogP contribution is -2.07. The maximum absolute atomic E-state index is 11.9. The number of carbonyl (C=O) groups excluding carboxylic acids is 1. The Morgan fingerprint density at radius 3 is 2.42 bits per heavy atom. The van der Waals surface area contributed by atoms with Crippen LogP contribution in [0.3, 0.4) is 0 Å². The Kier molecular flexibility index (Phi) is 4.18. The van der Waals surface area contributed by atoms with E-state index >= 15 is 0 Å². The first kappa shape index (κ1) is 13.1. The predicted octanol–water partition coefficient (Wildman–Crippen LogP) is 3.54. The van der Waals surface area contributed by atoms with Gasteiger partial charge >= 0.3 is 5.97 Å². The van der Waals surface area contributed by atoms with E-state index in [0.29, 0.717) is 17.9 Å². The van der Waals surface area contributed by atoms with Gasteiger partial charge < -0.3 is 9.47 Å². The van der Waals surface area contributed by atoms with Crippen LogP contribution < -0.4 is 4.74 Å². The molecule has 0 N–H and O–H groups in total. The zero-order valence-corrected chi connectivity index (χ0v) is 11.1. The van der Waals surface area contributed by atoms with Crippen molar-refractivity contribution in [2.45, 2.75) is 6.92 Å². The molecule has 3 heteroatoms. The summed E-state index contributed by atoms with van der Waals surface area (Å²) in [6.07, 6.45) is 0. The Balaban J connectivity index is 2.51. The number of carbonyl (C=O) groups is 1. The Hall–Kier alpha value is -2.29. The minimum atomic E-state index is -0.364. The number of esters is 1. The first-order valence-corrected chi connectivity index (χ1v) is 6.17. The van der Waals surface area contributed by atoms with Crippen molar-refractivity contribution >= 4 is 5.97 Å². The first-order valence-electron chi connectivity index (χ1n) is 6.17. The standard InChI is InChI=1S/C16H16O3/c1-3-19-16(17)14-11-7-10-13(15(14)18-2)12-8-5-4-6-9-12/h4-11H,3H2,1-2H3. The van der Waals surface area contributed by atoms with Gasteiger partial charge in [0.05, 0.1) is 13.7 Å². The highest BCUT2D eigenvalue weighted by atomic mass is 16.5. The lowest BCUT2D eigenvalue weighted by atomic mass is 10.0. The number of hydrogen-bond donors (Lipinski definition) is 0. The Morgan fingerprint density at radius 1 is 1.05 bits per heavy atom. The number of hydrogen-bond acceptors (Lipinski definition) is 3. The molecule has 0 fully saturated rings. The molecule has 2 aromatic rings. The molecule has 0 unspecified atom stereocenters. The summed E-state index contributed by atoms with van der Waals surface area (Å²) in [5, 5.41) is 0. The molecular weight excluding hydrogens is 240 g/mol. The molecule has 0 bridgehead atoms. The summed E-state index contributed by atoms with van der Waals surface area (Å²) in [7, 11) is 1.56. The second kappa shape index (κ2) is 6.05. The second-order valence-electron chi connectivity index (χ2n) is 3.97. The molecule has 0 saturated carbocycles. The highest BCUT2D eigenvalue weighted by molar-refractivity contribution is 5.95. The van der Waals surface area contributed by atoms with Crippen molar-refractivity contribution in [1.82, 2.24) is 0 Å². The zero-order chi connectivity index (χ0) is 13.7. The third-order valence-electron chi connectivity index (χ3n) is 2.80. The van der Waals surface area contributed by atoms with Crippen LogP contribution in [0.25, 0.3) is 11.1 Å². The predicted molar refractivity (Wildman–Crippen MR) is 74.4 cm³/mol. The topological polar surface area (TPSA) is 35.5 Å². The summed E-state index contributed by atoms with van der Waals surface area (Å²) in [5.74, 6) is 0.185. The van der Waals surface area contributed by atoms with Crippen molar-refractivity contribution in [2.24, 2.45) is 0 Å². The van der Waals surface area contributed by atoms with Crippen molar-refractivity contribution in [3.05, 3.63) is 54.1 Å². The first-order chi connectivity index (χ1) is 9.27. The summed E-state index contributed by atoms with van der Waals surface area (Å²) in [6.45, 7) is 2.13. The summed E-state index contributed by atoms with van der Waals surface area (Å²) >= 11 is 0. The van der Waals surface area contributed by atoms with Crippen molar-refractivity contribution in [2.75, 3.05) is 13.7 Å². The molecule has 0 radical (unpaired) electrons. The highest BCUT2D eigenvalue weighted by Gasteiger charge is 2.17. The van der Waals surface area contributed by atoms with Crippen molar-refractivity contribution in [3.63, 3.8) is 0 Å². The van der Waals surface area contributed by atoms with E-state index in [4.69, 9.17) is 9.47 Å². The minimum absolute atomic E-state index is 0.345. The maximum Gasteiger partial charge on any atom is 0.341 e. The minimum Gasteiger partial charge on any atom is -0.495 e. The van der Waals surface area contributed by atoms with E-state index in [-0.39, 0.29) is 5.97 Å². The van der Waals surface area contributed by atoms with Crippen molar-refractivity contribution in [3.8, 4) is 16.9 Å². The summed E-state index contributed by atoms with van der Waals surface area (Å²) in [6, 6.07) is 15.3. The molecule has 0 amide bonds. The SMILES string of the molecule is CCOC(=O)c1cccc(-c2ccccc2)c1OC. The van der Waals surface area contributed by atoms with Gasteiger partial charge in [0.1, 0.15) is 11.3 Å². The van der Waals surface area contributed by atoms with E-state index in [2.05, 4.69) is 0 Å². The van der Waals surface area contributed by atoms with Gasteiger partial charge in [-0.25, -0.2) is 4.79 Å². The van der Waals surface area contributed by atoms with Crippen LogP contribution >= 0.6 is 0 Å². The second-order valence-corrected chi connectivity index (χ2v) is 3.97. The Morgan fingerprint density at radius 2 is 1.79 bits per heavy atom. The summed E-state index contributed by atoms with van der Waals surface area (Å²) in [4.78, 5) is 11.9. The molecule has 2 rings (SSSR count). The van der Waals surface area contributed by atoms with Crippen LogP contribution in [0.15, 0.2) is 48.5 Å². The van der Waals surface area contributed by atoms with E-state index in [1.54, 1.807) is 20.1 Å². The molecule has 19 heavy (non-hydrogen) atoms. The van der Waals surface area contributed by atoms with Gasteiger partial charge in [0.2, 0.25) is 0 Å². The lowest BCUT2D eigenvalue weighted by molar-refractivity contribution is 0.0523. The summed E-state index contributed by atoms with van der Waals surface area (Å²) in [5.41, 5.74) is 2.34. The molecule has 0 aliphatic heterocycles. The largest absolute Gasteiger partial charge is 0.495 e. The van der Waals surface area contributed by atoms with Gasteiger partial charge in [0, 0.05) is 5.56 Å². The number of benzene rings is 2. The highest BCUT2D eigenvalue weighted by Crippen LogP contribution is 2.33. The van der Waals surface area contributed by atoms with Crippen LogP contribution in [-0.4, -0.2) is 19.7 Å². The van der Waals surface area contributed by atoms with Gasteiger partial charge in [-0.05, 0) is 18.6 Å². The van der Waals surface area contributed by atoms with Crippen LogP contribution in [0.1, 0.15) is 17.3 Å². The fourth-order valence-electron chi connectivity index (χ4n) is 1.97. The van der Waals surface area contributed by atoms with Crippen LogP contribution in [-0.2, 0) is 4.74 Å². The van der Waals surface area contributed by atoms with E-state index in [9.17, 15) is 4.79 Å². The lowest BCUT2D eigenvalue weighted by Gasteiger charge is -2.12. The molecular formula is C16H16O3. The third-order valence-corrected chi connectivity index (χ3v) is 2.80. The zero-order valence-electron chi connectivity index (χ0n) is 11.1. The van der Waals surface area contributed by atoms with E-state index in [0.717, 1.165) is 11.1 Å². The molecule has 0 aromatic heterocycles. The molecule has 3 nitrogen and oxygen atoms in total. The van der Waals surface area contributed by atoms with Gasteiger partial charge in [-0.15, -0.1) is 0 Å². The molecule has 0 heterocycles. The van der Waals surface area contributed by atoms with E-state index in [1.807, 2.05) is 42.5 Å². The molecule has 0 aliphatic rings. The monoisotopic (exact) mass is 256 g/mol. The Bertz CT molecular complexity index is 561. The molecule has 0 saturated heterocycles. The average Bonchev–Trinajstić information content (AvgIpc) is 2.47. The van der Waals surface area contributed by atoms with Gasteiger partial charge in [-0.2, -0.15) is 0 Å². The van der Waals surface area contributed by atoms with Crippen LogP contribution in [0.5, 0.6) is 5.75 Å². The number of methoxy groups -OCH3 is 1. The molecule has 0 spiro atoms. The van der Waals surface area contributed by atoms with Gasteiger partial charge in [-0.1, -0.05) is 42.5 Å². The normalized spacial score (nSPS) is 10.0. The van der Waals surface area contributed by atoms with E-state index < -0.39 is 0 Å². The van der Waals surface area contributed by atoms with Crippen LogP contribution in [0, 0.1) is 0 Å². The molecule has 98 valence electrons. The number of ether oxygens (including phenoxy) is 2. The van der Waals surface area contributed by atoms with Crippen molar-refractivity contribution in [1.29, 1.82) is 0 Å². The van der Waals surface area contributed by atoms with Crippen LogP contribution in [0.4, 0.5) is 0 Å². The molecule has 2 aromatic carbocycles. The molecule has 0 aliphatic carbocycles. The van der Waals surface area contributed by atoms with Gasteiger partial charge in [-0.3, -0.25) is 0 Å². The quantitative estimate of drug-likeness (QED) is 0.785. The number of para-hydroxylation sites is 1. The van der Waals surface area contributed by atoms with E-state index in [1.165, 1.54) is 0 Å². The fourth-order valence-corrected chi connectivity index (χ4v) is 1.97. The summed E-state index contributed by atoms with van der Waals surface area (Å²) < 4.78 is 10.4. The Labute approximate surface area is 112 Å². The fraction of sp³-hybridized carbons (Fsp3) is 0.188. The van der Waals surface area contributed by atoms with Crippen molar-refractivity contribution < 1.29 is 14.3 Å². The maximum atomic E-state index is 11.9. The van der Waals surface area contributed by atoms with Crippen LogP contribution in [0.2, 0.25) is 0 Å².